The van der Waals surface area contributed by atoms with Gasteiger partial charge < -0.3 is 11.5 Å². The number of benzene rings is 1. The Morgan fingerprint density at radius 2 is 1.88 bits per heavy atom. The van der Waals surface area contributed by atoms with Crippen LogP contribution in [0.2, 0.25) is 0 Å². The second-order valence-corrected chi connectivity index (χ2v) is 3.89. The highest BCUT2D eigenvalue weighted by Crippen LogP contribution is 2.28. The van der Waals surface area contributed by atoms with E-state index < -0.39 is 17.6 Å². The van der Waals surface area contributed by atoms with Crippen molar-refractivity contribution in [3.05, 3.63) is 40.6 Å². The number of nitrogens with zero attached hydrogens (tertiary/aromatic N) is 1. The van der Waals surface area contributed by atoms with Crippen LogP contribution in [0.5, 0.6) is 0 Å². The van der Waals surface area contributed by atoms with Crippen LogP contribution in [0, 0.1) is 0 Å². The van der Waals surface area contributed by atoms with E-state index in [0.717, 1.165) is 0 Å². The summed E-state index contributed by atoms with van der Waals surface area (Å²) in [7, 11) is 0. The van der Waals surface area contributed by atoms with Crippen LogP contribution in [0.15, 0.2) is 45.6 Å². The lowest BCUT2D eigenvalue weighted by molar-refractivity contribution is -0.0582. The lowest BCUT2D eigenvalue weighted by atomic mass is 10.2. The monoisotopic (exact) mass is 307 g/mol. The molecule has 7 heteroatoms. The van der Waals surface area contributed by atoms with E-state index in [9.17, 15) is 13.2 Å². The minimum Gasteiger partial charge on any atom is -0.403 e. The van der Waals surface area contributed by atoms with Crippen LogP contribution in [0.1, 0.15) is 0 Å². The first-order valence-electron chi connectivity index (χ1n) is 4.44. The number of hydrogen-bond donors (Lipinski definition) is 2. The van der Waals surface area contributed by atoms with Crippen LogP contribution in [0.4, 0.5) is 18.9 Å². The van der Waals surface area contributed by atoms with E-state index in [1.807, 2.05) is 0 Å². The van der Waals surface area contributed by atoms with E-state index in [-0.39, 0.29) is 5.69 Å². The van der Waals surface area contributed by atoms with Crippen molar-refractivity contribution < 1.29 is 13.2 Å². The molecule has 0 aliphatic rings. The van der Waals surface area contributed by atoms with Gasteiger partial charge in [-0.15, -0.1) is 0 Å². The molecule has 4 N–H and O–H groups in total. The first-order valence-corrected chi connectivity index (χ1v) is 5.23. The average molecular weight is 308 g/mol. The van der Waals surface area contributed by atoms with Gasteiger partial charge in [0.1, 0.15) is 0 Å². The van der Waals surface area contributed by atoms with Crippen molar-refractivity contribution in [3.63, 3.8) is 0 Å². The van der Waals surface area contributed by atoms with Crippen LogP contribution >= 0.6 is 15.9 Å². The number of para-hydroxylation sites is 1. The van der Waals surface area contributed by atoms with E-state index in [1.165, 1.54) is 6.07 Å². The molecule has 1 aromatic rings. The van der Waals surface area contributed by atoms with Gasteiger partial charge in [-0.2, -0.15) is 13.2 Å². The minimum atomic E-state index is -4.66. The van der Waals surface area contributed by atoms with Crippen molar-refractivity contribution in [2.24, 2.45) is 16.5 Å². The molecule has 0 aliphatic heterocycles. The molecule has 0 fully saturated rings. The van der Waals surface area contributed by atoms with E-state index in [2.05, 4.69) is 20.9 Å². The van der Waals surface area contributed by atoms with Gasteiger partial charge in [-0.05, 0) is 28.1 Å². The van der Waals surface area contributed by atoms with Crippen molar-refractivity contribution in [2.45, 2.75) is 6.18 Å². The van der Waals surface area contributed by atoms with Crippen LogP contribution in [0.25, 0.3) is 0 Å². The van der Waals surface area contributed by atoms with Crippen LogP contribution < -0.4 is 11.5 Å². The summed E-state index contributed by atoms with van der Waals surface area (Å²) in [5.41, 5.74) is 8.45. The topological polar surface area (TPSA) is 64.4 Å². The summed E-state index contributed by atoms with van der Waals surface area (Å²) in [4.78, 5) is 3.47. The Labute approximate surface area is 104 Å². The van der Waals surface area contributed by atoms with Crippen LogP contribution in [0.3, 0.4) is 0 Å². The Morgan fingerprint density at radius 1 is 1.29 bits per heavy atom. The number of allylic oxidation sites excluding steroid dienone is 1. The van der Waals surface area contributed by atoms with Crippen molar-refractivity contribution in [2.75, 3.05) is 0 Å². The molecular formula is C10H9BrF3N3. The van der Waals surface area contributed by atoms with Gasteiger partial charge in [0.25, 0.3) is 0 Å². The Balaban J connectivity index is 3.30. The Kier molecular flexibility index (Phi) is 4.17. The molecule has 0 aromatic heterocycles. The van der Waals surface area contributed by atoms with E-state index in [4.69, 9.17) is 11.5 Å². The van der Waals surface area contributed by atoms with Gasteiger partial charge >= 0.3 is 6.18 Å². The normalized spacial score (nSPS) is 13.9. The second-order valence-electron chi connectivity index (χ2n) is 3.03. The van der Waals surface area contributed by atoms with Crippen molar-refractivity contribution >= 4 is 27.3 Å². The predicted octanol–water partition coefficient (Wildman–Crippen LogP) is 2.84. The zero-order valence-electron chi connectivity index (χ0n) is 8.50. The van der Waals surface area contributed by atoms with Gasteiger partial charge in [0.2, 0.25) is 0 Å². The number of halogens is 4. The molecule has 0 spiro atoms. The maximum atomic E-state index is 12.7. The highest BCUT2D eigenvalue weighted by molar-refractivity contribution is 9.10. The van der Waals surface area contributed by atoms with Gasteiger partial charge in [0, 0.05) is 10.7 Å². The number of rotatable bonds is 2. The molecule has 0 bridgehead atoms. The summed E-state index contributed by atoms with van der Waals surface area (Å²) in [6, 6.07) is 6.24. The first-order chi connectivity index (χ1) is 7.86. The first kappa shape index (κ1) is 13.6. The summed E-state index contributed by atoms with van der Waals surface area (Å²) in [6.07, 6.45) is -3.99. The average Bonchev–Trinajstić information content (AvgIpc) is 2.25. The van der Waals surface area contributed by atoms with Crippen molar-refractivity contribution in [3.8, 4) is 0 Å². The largest absolute Gasteiger partial charge is 0.435 e. The predicted molar refractivity (Wildman–Crippen MR) is 63.7 cm³/mol. The van der Waals surface area contributed by atoms with Gasteiger partial charge in [-0.3, -0.25) is 0 Å². The maximum Gasteiger partial charge on any atom is 0.435 e. The number of nitrogens with two attached hydrogens (primary N) is 2. The highest BCUT2D eigenvalue weighted by atomic mass is 79.9. The van der Waals surface area contributed by atoms with Gasteiger partial charge in [0.15, 0.2) is 5.71 Å². The van der Waals surface area contributed by atoms with Crippen molar-refractivity contribution in [1.29, 1.82) is 0 Å². The van der Waals surface area contributed by atoms with Gasteiger partial charge in [-0.1, -0.05) is 12.1 Å². The number of hydrogen-bond acceptors (Lipinski definition) is 3. The molecule has 0 heterocycles. The SMILES string of the molecule is NC=C(N)C(=Nc1ccccc1Br)C(F)(F)F. The third-order valence-electron chi connectivity index (χ3n) is 1.81. The summed E-state index contributed by atoms with van der Waals surface area (Å²) < 4.78 is 38.4. The molecule has 1 aromatic carbocycles. The minimum absolute atomic E-state index is 0.129. The molecule has 1 rings (SSSR count). The third-order valence-corrected chi connectivity index (χ3v) is 2.48. The zero-order chi connectivity index (χ0) is 13.1. The fourth-order valence-corrected chi connectivity index (χ4v) is 1.41. The Morgan fingerprint density at radius 3 is 2.35 bits per heavy atom. The summed E-state index contributed by atoms with van der Waals surface area (Å²) in [5, 5.41) is 0. The zero-order valence-corrected chi connectivity index (χ0v) is 10.1. The summed E-state index contributed by atoms with van der Waals surface area (Å²) >= 11 is 3.10. The van der Waals surface area contributed by atoms with Crippen LogP contribution in [-0.4, -0.2) is 11.9 Å². The maximum absolute atomic E-state index is 12.7. The molecule has 0 radical (unpaired) electrons. The molecule has 0 unspecified atom stereocenters. The standard InChI is InChI=1S/C10H9BrF3N3/c11-6-3-1-2-4-8(6)17-9(7(16)5-15)10(12,13)14/h1-5H,15-16H2. The van der Waals surface area contributed by atoms with E-state index >= 15 is 0 Å². The Hall–Kier alpha value is -1.50. The molecule has 0 amide bonds. The molecule has 0 saturated heterocycles. The fraction of sp³-hybridized carbons (Fsp3) is 0.100. The molecule has 0 atom stereocenters. The summed E-state index contributed by atoms with van der Waals surface area (Å²) in [5.74, 6) is 0. The van der Waals surface area contributed by atoms with E-state index in [1.54, 1.807) is 18.2 Å². The fourth-order valence-electron chi connectivity index (χ4n) is 1.03. The van der Waals surface area contributed by atoms with E-state index in [0.29, 0.717) is 10.7 Å². The molecule has 92 valence electrons. The van der Waals surface area contributed by atoms with Crippen molar-refractivity contribution in [1.82, 2.24) is 0 Å². The molecular weight excluding hydrogens is 299 g/mol. The third kappa shape index (κ3) is 3.48. The highest BCUT2D eigenvalue weighted by Gasteiger charge is 2.37. The lowest BCUT2D eigenvalue weighted by Gasteiger charge is -2.10. The van der Waals surface area contributed by atoms with Gasteiger partial charge in [-0.25, -0.2) is 4.99 Å². The smallest absolute Gasteiger partial charge is 0.403 e. The quantitative estimate of drug-likeness (QED) is 0.825. The number of alkyl halides is 3. The molecule has 0 aliphatic carbocycles. The summed E-state index contributed by atoms with van der Waals surface area (Å²) in [6.45, 7) is 0. The Bertz CT molecular complexity index is 466. The molecule has 0 saturated carbocycles. The lowest BCUT2D eigenvalue weighted by Crippen LogP contribution is -2.29. The molecule has 3 nitrogen and oxygen atoms in total. The van der Waals surface area contributed by atoms with Crippen LogP contribution in [-0.2, 0) is 0 Å². The number of aliphatic imine (C=N–C) groups is 1. The van der Waals surface area contributed by atoms with Gasteiger partial charge in [0.05, 0.1) is 11.4 Å². The second kappa shape index (κ2) is 5.22. The molecule has 17 heavy (non-hydrogen) atoms.